The number of hydrogen-bond acceptors (Lipinski definition) is 9. The number of benzene rings is 2. The monoisotopic (exact) mass is 526 g/mol. The number of aliphatic carboxylic acids is 1. The Labute approximate surface area is 215 Å². The van der Waals surface area contributed by atoms with Crippen LogP contribution in [0.2, 0.25) is 0 Å². The Morgan fingerprint density at radius 3 is 2.63 bits per heavy atom. The number of amides is 1. The van der Waals surface area contributed by atoms with Crippen molar-refractivity contribution in [1.82, 2.24) is 5.32 Å². The van der Waals surface area contributed by atoms with E-state index in [0.717, 1.165) is 0 Å². The fourth-order valence-electron chi connectivity index (χ4n) is 3.85. The largest absolute Gasteiger partial charge is 0.507 e. The zero-order valence-electron chi connectivity index (χ0n) is 20.1. The van der Waals surface area contributed by atoms with Crippen LogP contribution in [0.4, 0.5) is 0 Å². The van der Waals surface area contributed by atoms with E-state index in [1.807, 2.05) is 0 Å². The number of carboxylic acids is 1. The van der Waals surface area contributed by atoms with Crippen LogP contribution >= 0.6 is 0 Å². The first kappa shape index (κ1) is 26.1. The standard InChI is InChI=1S/C25H26N4O9/c26-25(27)28-5-1-2-16(24(33)34)29-21(31)12-37-14-9-17(30)22-20(10-14)38-11-15(23(22)32)13-3-4-18-19(8-13)36-7-6-35-18/h3-4,8-11,16,30H,1-2,5-7,12H2,(H,29,31)(H,33,34)(H4,26,27,28)/t16-/m0/s1. The zero-order valence-corrected chi connectivity index (χ0v) is 20.1. The van der Waals surface area contributed by atoms with E-state index in [9.17, 15) is 24.6 Å². The van der Waals surface area contributed by atoms with E-state index < -0.39 is 35.7 Å². The van der Waals surface area contributed by atoms with Gasteiger partial charge in [0.1, 0.15) is 48.0 Å². The van der Waals surface area contributed by atoms with Crippen molar-refractivity contribution in [3.8, 4) is 34.1 Å². The van der Waals surface area contributed by atoms with Crippen LogP contribution < -0.4 is 36.4 Å². The summed E-state index contributed by atoms with van der Waals surface area (Å²) in [6.07, 6.45) is 1.69. The SMILES string of the molecule is NC(N)=NCCC[C@H](NC(=O)COc1cc(O)c2c(=O)c(-c3ccc4c(c3)OCCO4)coc2c1)C(=O)O. The molecule has 0 saturated heterocycles. The lowest BCUT2D eigenvalue weighted by Gasteiger charge is -2.18. The normalized spacial score (nSPS) is 12.9. The Kier molecular flexibility index (Phi) is 7.85. The Bertz CT molecular complexity index is 1450. The van der Waals surface area contributed by atoms with E-state index in [-0.39, 0.29) is 41.2 Å². The predicted molar refractivity (Wildman–Crippen MR) is 136 cm³/mol. The van der Waals surface area contributed by atoms with Gasteiger partial charge in [-0.25, -0.2) is 4.79 Å². The fraction of sp³-hybridized carbons (Fsp3) is 0.280. The second-order valence-corrected chi connectivity index (χ2v) is 8.35. The van der Waals surface area contributed by atoms with Gasteiger partial charge in [0.25, 0.3) is 5.91 Å². The maximum atomic E-state index is 13.2. The Balaban J connectivity index is 1.45. The van der Waals surface area contributed by atoms with Crippen molar-refractivity contribution in [2.45, 2.75) is 18.9 Å². The molecule has 1 amide bonds. The van der Waals surface area contributed by atoms with Gasteiger partial charge in [-0.3, -0.25) is 14.6 Å². The summed E-state index contributed by atoms with van der Waals surface area (Å²) in [6.45, 7) is 0.505. The highest BCUT2D eigenvalue weighted by Gasteiger charge is 2.21. The molecule has 4 rings (SSSR count). The summed E-state index contributed by atoms with van der Waals surface area (Å²) in [5.41, 5.74) is 10.7. The molecule has 2 aromatic carbocycles. The lowest BCUT2D eigenvalue weighted by Crippen LogP contribution is -2.43. The third-order valence-corrected chi connectivity index (χ3v) is 5.63. The van der Waals surface area contributed by atoms with Gasteiger partial charge in [-0.2, -0.15) is 0 Å². The van der Waals surface area contributed by atoms with Gasteiger partial charge in [0.05, 0.1) is 5.56 Å². The highest BCUT2D eigenvalue weighted by molar-refractivity contribution is 5.88. The molecule has 0 bridgehead atoms. The molecule has 7 N–H and O–H groups in total. The molecule has 1 aromatic heterocycles. The maximum Gasteiger partial charge on any atom is 0.326 e. The smallest absolute Gasteiger partial charge is 0.326 e. The van der Waals surface area contributed by atoms with Gasteiger partial charge in [-0.15, -0.1) is 0 Å². The number of hydrogen-bond donors (Lipinski definition) is 5. The molecule has 1 aliphatic heterocycles. The molecule has 0 unspecified atom stereocenters. The Morgan fingerprint density at radius 1 is 1.13 bits per heavy atom. The molecule has 200 valence electrons. The maximum absolute atomic E-state index is 13.2. The Hall–Kier alpha value is -4.94. The van der Waals surface area contributed by atoms with Gasteiger partial charge in [-0.05, 0) is 30.5 Å². The number of carbonyl (C=O) groups is 2. The first-order valence-electron chi connectivity index (χ1n) is 11.6. The lowest BCUT2D eigenvalue weighted by atomic mass is 10.0. The first-order chi connectivity index (χ1) is 18.2. The number of phenols is 1. The first-order valence-corrected chi connectivity index (χ1v) is 11.6. The molecule has 0 aliphatic carbocycles. The topological polar surface area (TPSA) is 209 Å². The van der Waals surface area contributed by atoms with Gasteiger partial charge in [0.2, 0.25) is 5.43 Å². The highest BCUT2D eigenvalue weighted by Crippen LogP contribution is 2.35. The molecule has 0 fully saturated rings. The number of rotatable bonds is 10. The second-order valence-electron chi connectivity index (χ2n) is 8.35. The van der Waals surface area contributed by atoms with Gasteiger partial charge in [-0.1, -0.05) is 6.07 Å². The number of aromatic hydroxyl groups is 1. The van der Waals surface area contributed by atoms with Gasteiger partial charge in [0.15, 0.2) is 24.1 Å². The summed E-state index contributed by atoms with van der Waals surface area (Å²) < 4.78 is 22.1. The minimum Gasteiger partial charge on any atom is -0.507 e. The van der Waals surface area contributed by atoms with Crippen LogP contribution in [0.25, 0.3) is 22.1 Å². The third-order valence-electron chi connectivity index (χ3n) is 5.63. The van der Waals surface area contributed by atoms with Crippen molar-refractivity contribution >= 4 is 28.8 Å². The molecule has 0 spiro atoms. The van der Waals surface area contributed by atoms with Crippen LogP contribution in [-0.4, -0.2) is 60.5 Å². The van der Waals surface area contributed by atoms with Gasteiger partial charge >= 0.3 is 5.97 Å². The number of nitrogens with two attached hydrogens (primary N) is 2. The molecule has 13 nitrogen and oxygen atoms in total. The number of ether oxygens (including phenoxy) is 3. The molecular formula is C25H26N4O9. The molecular weight excluding hydrogens is 500 g/mol. The summed E-state index contributed by atoms with van der Waals surface area (Å²) in [4.78, 5) is 40.6. The van der Waals surface area contributed by atoms with E-state index in [0.29, 0.717) is 36.7 Å². The van der Waals surface area contributed by atoms with E-state index in [1.165, 1.54) is 18.4 Å². The number of aliphatic imine (C=N–C) groups is 1. The van der Waals surface area contributed by atoms with E-state index in [2.05, 4.69) is 10.3 Å². The average molecular weight is 527 g/mol. The summed E-state index contributed by atoms with van der Waals surface area (Å²) >= 11 is 0. The van der Waals surface area contributed by atoms with Crippen LogP contribution in [0.1, 0.15) is 12.8 Å². The van der Waals surface area contributed by atoms with Crippen LogP contribution in [0.5, 0.6) is 23.0 Å². The number of carboxylic acid groups (broad SMARTS) is 1. The number of guanidine groups is 1. The minimum atomic E-state index is -1.22. The molecule has 3 aromatic rings. The molecule has 0 radical (unpaired) electrons. The number of nitrogens with zero attached hydrogens (tertiary/aromatic N) is 1. The Morgan fingerprint density at radius 2 is 1.89 bits per heavy atom. The fourth-order valence-corrected chi connectivity index (χ4v) is 3.85. The third kappa shape index (κ3) is 6.06. The lowest BCUT2D eigenvalue weighted by molar-refractivity contribution is -0.142. The quantitative estimate of drug-likeness (QED) is 0.143. The zero-order chi connectivity index (χ0) is 27.2. The summed E-state index contributed by atoms with van der Waals surface area (Å²) in [5.74, 6) is -1.33. The molecule has 38 heavy (non-hydrogen) atoms. The van der Waals surface area contributed by atoms with Crippen molar-refractivity contribution in [1.29, 1.82) is 0 Å². The summed E-state index contributed by atoms with van der Waals surface area (Å²) in [7, 11) is 0. The van der Waals surface area contributed by atoms with Crippen LogP contribution in [0.15, 0.2) is 50.8 Å². The van der Waals surface area contributed by atoms with Crippen LogP contribution in [-0.2, 0) is 9.59 Å². The summed E-state index contributed by atoms with van der Waals surface area (Å²) in [6, 6.07) is 6.39. The number of carbonyl (C=O) groups excluding carboxylic acids is 1. The molecule has 1 aliphatic rings. The van der Waals surface area contributed by atoms with Crippen molar-refractivity contribution in [2.75, 3.05) is 26.4 Å². The van der Waals surface area contributed by atoms with Gasteiger partial charge in [0, 0.05) is 18.7 Å². The van der Waals surface area contributed by atoms with E-state index in [4.69, 9.17) is 30.1 Å². The van der Waals surface area contributed by atoms with Crippen LogP contribution in [0, 0.1) is 0 Å². The minimum absolute atomic E-state index is 0.0369. The molecule has 1 atom stereocenters. The molecule has 13 heteroatoms. The van der Waals surface area contributed by atoms with E-state index >= 15 is 0 Å². The number of phenolic OH excluding ortho intramolecular Hbond substituents is 1. The molecule has 0 saturated carbocycles. The van der Waals surface area contributed by atoms with E-state index in [1.54, 1.807) is 18.2 Å². The number of fused-ring (bicyclic) bond motifs is 2. The van der Waals surface area contributed by atoms with Crippen molar-refractivity contribution in [3.05, 3.63) is 46.8 Å². The molecule has 2 heterocycles. The average Bonchev–Trinajstić information content (AvgIpc) is 2.88. The summed E-state index contributed by atoms with van der Waals surface area (Å²) in [5, 5.41) is 22.2. The van der Waals surface area contributed by atoms with Crippen molar-refractivity contribution in [3.63, 3.8) is 0 Å². The highest BCUT2D eigenvalue weighted by atomic mass is 16.6. The second kappa shape index (κ2) is 11.4. The van der Waals surface area contributed by atoms with Crippen LogP contribution in [0.3, 0.4) is 0 Å². The predicted octanol–water partition coefficient (Wildman–Crippen LogP) is 0.939. The van der Waals surface area contributed by atoms with Crippen molar-refractivity contribution in [2.24, 2.45) is 16.5 Å². The van der Waals surface area contributed by atoms with Gasteiger partial charge < -0.3 is 45.6 Å². The number of nitrogens with one attached hydrogen (secondary N) is 1. The van der Waals surface area contributed by atoms with Crippen molar-refractivity contribution < 1.29 is 38.4 Å².